The van der Waals surface area contributed by atoms with Crippen LogP contribution in [0.5, 0.6) is 0 Å². The van der Waals surface area contributed by atoms with Gasteiger partial charge in [-0.1, -0.05) is 0 Å². The molecule has 0 aliphatic heterocycles. The average molecular weight is 150 g/mol. The molecule has 0 unspecified atom stereocenters. The number of aromatic nitrogens is 2. The Kier molecular flexibility index (Phi) is 2.03. The van der Waals surface area contributed by atoms with Crippen molar-refractivity contribution in [2.75, 3.05) is 0 Å². The van der Waals surface area contributed by atoms with Crippen molar-refractivity contribution in [2.24, 2.45) is 0 Å². The van der Waals surface area contributed by atoms with Crippen LogP contribution >= 0.6 is 0 Å². The number of para-hydroxylation sites is 1. The number of rotatable bonds is 1. The molecule has 3 heteroatoms. The van der Waals surface area contributed by atoms with E-state index in [4.69, 9.17) is 0 Å². The van der Waals surface area contributed by atoms with Crippen molar-refractivity contribution in [3.05, 3.63) is 42.6 Å². The van der Waals surface area contributed by atoms with Gasteiger partial charge < -0.3 is 0 Å². The summed E-state index contributed by atoms with van der Waals surface area (Å²) in [5.74, 6) is 0. The van der Waals surface area contributed by atoms with Crippen LogP contribution in [0.15, 0.2) is 42.6 Å². The van der Waals surface area contributed by atoms with E-state index in [1.54, 1.807) is 0 Å². The van der Waals surface area contributed by atoms with E-state index in [1.165, 1.54) is 0 Å². The van der Waals surface area contributed by atoms with E-state index in [0.29, 0.717) is 0 Å². The van der Waals surface area contributed by atoms with Gasteiger partial charge in [-0.15, -0.1) is 0 Å². The van der Waals surface area contributed by atoms with Gasteiger partial charge in [0.2, 0.25) is 0 Å². The minimum absolute atomic E-state index is 1.11. The number of hydrogen-bond donors (Lipinski definition) is 0. The van der Waals surface area contributed by atoms with Crippen LogP contribution < -0.4 is 4.37 Å². The minimum atomic E-state index is 1.11. The molecule has 2 aromatic rings. The zero-order valence-corrected chi connectivity index (χ0v) is 6.94. The summed E-state index contributed by atoms with van der Waals surface area (Å²) >= 11 is 2.04. The molecule has 0 bridgehead atoms. The molecule has 0 saturated carbocycles. The zero-order valence-electron chi connectivity index (χ0n) is 6.94. The molecule has 1 aromatic heterocycles. The molecule has 0 atom stereocenters. The topological polar surface area (TPSA) is 17.8 Å². The summed E-state index contributed by atoms with van der Waals surface area (Å²) in [7, 11) is 0. The Balaban J connectivity index is 2.51. The first kappa shape index (κ1) is 7.66. The van der Waals surface area contributed by atoms with Crippen LogP contribution in [-0.4, -0.2) is 27.5 Å². The summed E-state index contributed by atoms with van der Waals surface area (Å²) in [4.78, 5) is 0. The van der Waals surface area contributed by atoms with E-state index in [9.17, 15) is 0 Å². The Morgan fingerprint density at radius 1 is 1.08 bits per heavy atom. The van der Waals surface area contributed by atoms with Crippen LogP contribution in [0.25, 0.3) is 5.69 Å². The van der Waals surface area contributed by atoms with Gasteiger partial charge in [-0.25, -0.2) is 0 Å². The Bertz CT molecular complexity index is 367. The van der Waals surface area contributed by atoms with E-state index in [0.717, 1.165) is 10.1 Å². The standard InChI is InChI=1S/C9H7N2.Li/c1-2-5-9(6-3-1)11-8-4-7-10-11;/h1-7H;. The molecule has 0 N–H and O–H groups in total. The van der Waals surface area contributed by atoms with E-state index < -0.39 is 0 Å². The van der Waals surface area contributed by atoms with Gasteiger partial charge in [0.1, 0.15) is 0 Å². The van der Waals surface area contributed by atoms with Crippen molar-refractivity contribution in [3.8, 4) is 5.69 Å². The molecule has 0 amide bonds. The van der Waals surface area contributed by atoms with Gasteiger partial charge in [-0.05, 0) is 0 Å². The van der Waals surface area contributed by atoms with Crippen molar-refractivity contribution < 1.29 is 0 Å². The van der Waals surface area contributed by atoms with E-state index >= 15 is 0 Å². The van der Waals surface area contributed by atoms with Crippen molar-refractivity contribution >= 4 is 22.1 Å². The molecule has 0 spiro atoms. The molecule has 54 valence electrons. The predicted octanol–water partition coefficient (Wildman–Crippen LogP) is 0.666. The summed E-state index contributed by atoms with van der Waals surface area (Å²) in [5.41, 5.74) is 1.11. The molecule has 2 nitrogen and oxygen atoms in total. The first-order chi connectivity index (χ1) is 5.88. The Labute approximate surface area is 80.4 Å². The normalized spacial score (nSPS) is 10.2. The van der Waals surface area contributed by atoms with Crippen molar-refractivity contribution in [3.63, 3.8) is 0 Å². The van der Waals surface area contributed by atoms with Crippen LogP contribution in [-0.2, 0) is 0 Å². The number of nitrogens with zero attached hydrogens (tertiary/aromatic N) is 2. The van der Waals surface area contributed by atoms with Crippen LogP contribution in [0.2, 0.25) is 0 Å². The zero-order chi connectivity index (χ0) is 8.39. The average Bonchev–Trinajstić information content (AvgIpc) is 2.53. The summed E-state index contributed by atoms with van der Waals surface area (Å²) in [6.07, 6.45) is 1.81. The second-order valence-corrected chi connectivity index (χ2v) is 2.72. The Hall–Kier alpha value is -0.973. The molecule has 0 radical (unpaired) electrons. The second kappa shape index (κ2) is 3.18. The van der Waals surface area contributed by atoms with Gasteiger partial charge >= 0.3 is 80.1 Å². The fourth-order valence-electron chi connectivity index (χ4n) is 1.21. The SMILES string of the molecule is [Li][c]1ccnn1-c1ccccc1. The third-order valence-corrected chi connectivity index (χ3v) is 1.83. The van der Waals surface area contributed by atoms with Crippen LogP contribution in [0.1, 0.15) is 0 Å². The molecule has 1 aromatic carbocycles. The first-order valence-electron chi connectivity index (χ1n) is 3.94. The van der Waals surface area contributed by atoms with E-state index in [-0.39, 0.29) is 0 Å². The second-order valence-electron chi connectivity index (χ2n) is 2.72. The summed E-state index contributed by atoms with van der Waals surface area (Å²) in [6.45, 7) is 0. The monoisotopic (exact) mass is 150 g/mol. The molecule has 0 saturated heterocycles. The van der Waals surface area contributed by atoms with Gasteiger partial charge in [0.15, 0.2) is 0 Å². The summed E-state index contributed by atoms with van der Waals surface area (Å²) in [5, 5.41) is 4.20. The van der Waals surface area contributed by atoms with E-state index in [1.807, 2.05) is 65.0 Å². The van der Waals surface area contributed by atoms with Gasteiger partial charge in [0.05, 0.1) is 0 Å². The Morgan fingerprint density at radius 2 is 1.83 bits per heavy atom. The van der Waals surface area contributed by atoms with Gasteiger partial charge in [0, 0.05) is 0 Å². The van der Waals surface area contributed by atoms with Crippen molar-refractivity contribution in [1.29, 1.82) is 0 Å². The maximum atomic E-state index is 4.20. The fraction of sp³-hybridized carbons (Fsp3) is 0. The molecule has 0 aliphatic carbocycles. The van der Waals surface area contributed by atoms with Gasteiger partial charge in [-0.3, -0.25) is 0 Å². The summed E-state index contributed by atoms with van der Waals surface area (Å²) in [6, 6.07) is 12.1. The predicted molar refractivity (Wildman–Crippen MR) is 49.0 cm³/mol. The maximum absolute atomic E-state index is 4.20. The first-order valence-corrected chi connectivity index (χ1v) is 3.94. The van der Waals surface area contributed by atoms with Crippen LogP contribution in [0.3, 0.4) is 0 Å². The van der Waals surface area contributed by atoms with Gasteiger partial charge in [0.25, 0.3) is 0 Å². The van der Waals surface area contributed by atoms with Crippen LogP contribution in [0, 0.1) is 0 Å². The molecular formula is C9H7LiN2. The molecule has 0 aliphatic rings. The van der Waals surface area contributed by atoms with Gasteiger partial charge in [-0.2, -0.15) is 0 Å². The molecule has 0 fully saturated rings. The van der Waals surface area contributed by atoms with E-state index in [2.05, 4.69) is 5.10 Å². The van der Waals surface area contributed by atoms with Crippen molar-refractivity contribution in [2.45, 2.75) is 0 Å². The van der Waals surface area contributed by atoms with Crippen molar-refractivity contribution in [1.82, 2.24) is 9.78 Å². The number of hydrogen-bond acceptors (Lipinski definition) is 1. The molecular weight excluding hydrogens is 143 g/mol. The third-order valence-electron chi connectivity index (χ3n) is 1.83. The Morgan fingerprint density at radius 3 is 2.42 bits per heavy atom. The fourth-order valence-corrected chi connectivity index (χ4v) is 1.21. The third kappa shape index (κ3) is 1.32. The quantitative estimate of drug-likeness (QED) is 0.546. The molecule has 2 rings (SSSR count). The summed E-state index contributed by atoms with van der Waals surface area (Å²) < 4.78 is 3.07. The molecule has 1 heterocycles. The molecule has 12 heavy (non-hydrogen) atoms. The van der Waals surface area contributed by atoms with Crippen LogP contribution in [0.4, 0.5) is 0 Å². The number of benzene rings is 1.